The second-order valence-electron chi connectivity index (χ2n) is 6.44. The first-order valence-corrected chi connectivity index (χ1v) is 9.95. The van der Waals surface area contributed by atoms with Crippen LogP contribution < -0.4 is 9.64 Å². The maximum atomic E-state index is 13.8. The first-order valence-electron chi connectivity index (χ1n) is 9.16. The average Bonchev–Trinajstić information content (AvgIpc) is 3.14. The Morgan fingerprint density at radius 3 is 2.87 bits per heavy atom. The van der Waals surface area contributed by atoms with Crippen LogP contribution in [0.1, 0.15) is 29.8 Å². The third-order valence-corrected chi connectivity index (χ3v) is 4.98. The number of hydrogen-bond acceptors (Lipinski definition) is 8. The van der Waals surface area contributed by atoms with Gasteiger partial charge in [-0.25, -0.2) is 23.7 Å². The number of pyridine rings is 1. The molecule has 1 N–H and O–H groups in total. The summed E-state index contributed by atoms with van der Waals surface area (Å²) in [6.45, 7) is 3.69. The molecule has 30 heavy (non-hydrogen) atoms. The minimum atomic E-state index is -0.536. The van der Waals surface area contributed by atoms with E-state index in [0.29, 0.717) is 21.5 Å². The van der Waals surface area contributed by atoms with Gasteiger partial charge in [0.05, 0.1) is 49.8 Å². The first kappa shape index (κ1) is 21.9. The van der Waals surface area contributed by atoms with Crippen LogP contribution in [-0.4, -0.2) is 57.0 Å². The van der Waals surface area contributed by atoms with Gasteiger partial charge < -0.3 is 19.5 Å². The molecule has 9 nitrogen and oxygen atoms in total. The Labute approximate surface area is 180 Å². The number of carbonyl (C=O) groups excluding carboxylic acids is 1. The van der Waals surface area contributed by atoms with E-state index in [2.05, 4.69) is 31.0 Å². The van der Waals surface area contributed by atoms with Crippen LogP contribution in [0.5, 0.6) is 5.88 Å². The number of nitrogens with zero attached hydrogens (tertiary/aromatic N) is 5. The molecule has 0 saturated carbocycles. The molecule has 3 aromatic rings. The van der Waals surface area contributed by atoms with Crippen molar-refractivity contribution in [2.45, 2.75) is 26.4 Å². The zero-order valence-corrected chi connectivity index (χ0v) is 18.3. The lowest BCUT2D eigenvalue weighted by Gasteiger charge is -2.30. The monoisotopic (exact) mass is 481 g/mol. The van der Waals surface area contributed by atoms with E-state index in [1.165, 1.54) is 23.9 Å². The molecule has 0 amide bonds. The van der Waals surface area contributed by atoms with Gasteiger partial charge >= 0.3 is 5.97 Å². The normalized spacial score (nSPS) is 12.1. The number of fused-ring (bicyclic) bond motifs is 1. The maximum absolute atomic E-state index is 13.8. The van der Waals surface area contributed by atoms with Gasteiger partial charge in [0.25, 0.3) is 0 Å². The van der Waals surface area contributed by atoms with Crippen LogP contribution in [0.25, 0.3) is 5.65 Å². The molecule has 0 aliphatic rings. The summed E-state index contributed by atoms with van der Waals surface area (Å²) in [6, 6.07) is 0.927. The quantitative estimate of drug-likeness (QED) is 0.489. The molecule has 3 rings (SSSR count). The highest BCUT2D eigenvalue weighted by molar-refractivity contribution is 9.10. The molecule has 0 aliphatic heterocycles. The predicted molar refractivity (Wildman–Crippen MR) is 110 cm³/mol. The topological polar surface area (TPSA) is 102 Å². The molecule has 3 heterocycles. The van der Waals surface area contributed by atoms with Gasteiger partial charge in [-0.3, -0.25) is 0 Å². The smallest absolute Gasteiger partial charge is 0.343 e. The number of aliphatic hydroxyl groups excluding tert-OH is 1. The van der Waals surface area contributed by atoms with E-state index in [-0.39, 0.29) is 31.2 Å². The third-order valence-electron chi connectivity index (χ3n) is 4.42. The van der Waals surface area contributed by atoms with Gasteiger partial charge in [-0.15, -0.1) is 0 Å². The van der Waals surface area contributed by atoms with Gasteiger partial charge in [-0.2, -0.15) is 5.10 Å². The Hall–Kier alpha value is -2.79. The molecule has 0 fully saturated rings. The van der Waals surface area contributed by atoms with Gasteiger partial charge in [-0.05, 0) is 35.8 Å². The van der Waals surface area contributed by atoms with Crippen molar-refractivity contribution in [3.05, 3.63) is 46.1 Å². The summed E-state index contributed by atoms with van der Waals surface area (Å²) in [7, 11) is 1.45. The lowest BCUT2D eigenvalue weighted by molar-refractivity contribution is 0.0528. The number of halogens is 2. The highest BCUT2D eigenvalue weighted by Crippen LogP contribution is 2.30. The molecule has 1 atom stereocenters. The molecule has 0 spiro atoms. The van der Waals surface area contributed by atoms with E-state index < -0.39 is 17.8 Å². The Morgan fingerprint density at radius 2 is 2.20 bits per heavy atom. The van der Waals surface area contributed by atoms with E-state index >= 15 is 0 Å². The van der Waals surface area contributed by atoms with Crippen molar-refractivity contribution < 1.29 is 23.8 Å². The standard InChI is InChI=1S/C19H21BrFN5O4/c1-4-30-19(28)14-7-23-26-9-15(20)17(24-16(14)26)25(11(2)10-27)8-12-5-13(21)6-22-18(12)29-3/h5-7,9,11,27H,4,8,10H2,1-3H3/t11-/m1/s1. The van der Waals surface area contributed by atoms with Crippen LogP contribution >= 0.6 is 15.9 Å². The van der Waals surface area contributed by atoms with Crippen LogP contribution in [0.2, 0.25) is 0 Å². The number of ether oxygens (including phenoxy) is 2. The number of esters is 1. The Bertz CT molecular complexity index is 1060. The Kier molecular flexibility index (Phi) is 6.83. The van der Waals surface area contributed by atoms with Crippen molar-refractivity contribution in [2.75, 3.05) is 25.2 Å². The fourth-order valence-corrected chi connectivity index (χ4v) is 3.43. The molecule has 0 radical (unpaired) electrons. The van der Waals surface area contributed by atoms with Crippen molar-refractivity contribution in [2.24, 2.45) is 0 Å². The molecule has 0 bridgehead atoms. The van der Waals surface area contributed by atoms with Gasteiger partial charge in [0.1, 0.15) is 17.2 Å². The highest BCUT2D eigenvalue weighted by atomic mass is 79.9. The summed E-state index contributed by atoms with van der Waals surface area (Å²) < 4.78 is 26.1. The summed E-state index contributed by atoms with van der Waals surface area (Å²) >= 11 is 3.47. The van der Waals surface area contributed by atoms with Crippen molar-refractivity contribution in [3.8, 4) is 5.88 Å². The fraction of sp³-hybridized carbons (Fsp3) is 0.368. The second-order valence-corrected chi connectivity index (χ2v) is 7.30. The maximum Gasteiger partial charge on any atom is 0.343 e. The molecular formula is C19H21BrFN5O4. The third kappa shape index (κ3) is 4.36. The van der Waals surface area contributed by atoms with Crippen molar-refractivity contribution in [1.82, 2.24) is 19.6 Å². The molecule has 0 aliphatic carbocycles. The molecule has 0 aromatic carbocycles. The zero-order chi connectivity index (χ0) is 21.8. The molecule has 11 heteroatoms. The van der Waals surface area contributed by atoms with Crippen molar-refractivity contribution in [1.29, 1.82) is 0 Å². The first-order chi connectivity index (χ1) is 14.4. The summed E-state index contributed by atoms with van der Waals surface area (Å²) in [4.78, 5) is 22.5. The van der Waals surface area contributed by atoms with Crippen LogP contribution in [0.4, 0.5) is 10.2 Å². The van der Waals surface area contributed by atoms with Crippen LogP contribution in [0, 0.1) is 5.82 Å². The summed E-state index contributed by atoms with van der Waals surface area (Å²) in [5.74, 6) is -0.349. The number of aromatic nitrogens is 4. The van der Waals surface area contributed by atoms with Crippen LogP contribution in [-0.2, 0) is 11.3 Å². The minimum Gasteiger partial charge on any atom is -0.481 e. The molecule has 160 valence electrons. The average molecular weight is 482 g/mol. The summed E-state index contributed by atoms with van der Waals surface area (Å²) in [5.41, 5.74) is 0.990. The largest absolute Gasteiger partial charge is 0.481 e. The summed E-state index contributed by atoms with van der Waals surface area (Å²) in [5, 5.41) is 14.0. The molecule has 3 aromatic heterocycles. The SMILES string of the molecule is CCOC(=O)c1cnn2cc(Br)c(N(Cc3cc(F)cnc3OC)[C@H](C)CO)nc12. The molecular weight excluding hydrogens is 461 g/mol. The zero-order valence-electron chi connectivity index (χ0n) is 16.7. The number of aliphatic hydroxyl groups is 1. The van der Waals surface area contributed by atoms with Crippen LogP contribution in [0.15, 0.2) is 29.1 Å². The van der Waals surface area contributed by atoms with E-state index in [0.717, 1.165) is 6.20 Å². The van der Waals surface area contributed by atoms with Gasteiger partial charge in [0.15, 0.2) is 5.65 Å². The Morgan fingerprint density at radius 1 is 1.43 bits per heavy atom. The lowest BCUT2D eigenvalue weighted by atomic mass is 10.2. The lowest BCUT2D eigenvalue weighted by Crippen LogP contribution is -2.36. The predicted octanol–water partition coefficient (Wildman–Crippen LogP) is 2.60. The van der Waals surface area contributed by atoms with E-state index in [1.54, 1.807) is 24.9 Å². The fourth-order valence-electron chi connectivity index (χ4n) is 2.92. The highest BCUT2D eigenvalue weighted by Gasteiger charge is 2.24. The van der Waals surface area contributed by atoms with Crippen LogP contribution in [0.3, 0.4) is 0 Å². The molecule has 0 unspecified atom stereocenters. The van der Waals surface area contributed by atoms with Gasteiger partial charge in [0.2, 0.25) is 5.88 Å². The number of anilines is 1. The Balaban J connectivity index is 2.10. The summed E-state index contributed by atoms with van der Waals surface area (Å²) in [6.07, 6.45) is 4.11. The number of rotatable bonds is 8. The molecule has 0 saturated heterocycles. The number of carbonyl (C=O) groups is 1. The van der Waals surface area contributed by atoms with Gasteiger partial charge in [-0.1, -0.05) is 0 Å². The number of methoxy groups -OCH3 is 1. The van der Waals surface area contributed by atoms with Crippen molar-refractivity contribution in [3.63, 3.8) is 0 Å². The second kappa shape index (κ2) is 9.35. The van der Waals surface area contributed by atoms with E-state index in [4.69, 9.17) is 9.47 Å². The van der Waals surface area contributed by atoms with E-state index in [1.807, 2.05) is 0 Å². The van der Waals surface area contributed by atoms with Gasteiger partial charge in [0, 0.05) is 11.8 Å². The van der Waals surface area contributed by atoms with E-state index in [9.17, 15) is 14.3 Å². The van der Waals surface area contributed by atoms with Crippen molar-refractivity contribution >= 4 is 33.4 Å². The number of hydrogen-bond donors (Lipinski definition) is 1. The minimum absolute atomic E-state index is 0.153.